The van der Waals surface area contributed by atoms with E-state index in [0.29, 0.717) is 5.57 Å². The Hall–Kier alpha value is -2.70. The Kier molecular flexibility index (Phi) is 7.30. The SMILES string of the molecule is CC(N(C(=O)C1=CC(C)(S(=O)(=O)N(C)Cc2ccccc2)C(C)C=C1)c1ccccc1)C12CC3CC(CC(C3)C1)C2. The van der Waals surface area contributed by atoms with Gasteiger partial charge >= 0.3 is 0 Å². The lowest BCUT2D eigenvalue weighted by Gasteiger charge is -2.60. The predicted octanol–water partition coefficient (Wildman–Crippen LogP) is 6.98. The van der Waals surface area contributed by atoms with E-state index in [9.17, 15) is 13.2 Å². The monoisotopic (exact) mass is 572 g/mol. The maximum Gasteiger partial charge on any atom is 0.258 e. The van der Waals surface area contributed by atoms with Crippen LogP contribution in [0.25, 0.3) is 0 Å². The molecule has 0 heterocycles. The van der Waals surface area contributed by atoms with Crippen LogP contribution in [0.4, 0.5) is 5.69 Å². The summed E-state index contributed by atoms with van der Waals surface area (Å²) in [5, 5.41) is 0. The molecule has 3 atom stereocenters. The lowest BCUT2D eigenvalue weighted by molar-refractivity contribution is -0.118. The Morgan fingerprint density at radius 3 is 2.02 bits per heavy atom. The molecule has 41 heavy (non-hydrogen) atoms. The largest absolute Gasteiger partial charge is 0.305 e. The molecule has 0 saturated heterocycles. The molecule has 3 unspecified atom stereocenters. The van der Waals surface area contributed by atoms with E-state index >= 15 is 0 Å². The summed E-state index contributed by atoms with van der Waals surface area (Å²) in [7, 11) is -2.15. The number of allylic oxidation sites excluding steroid dienone is 1. The average Bonchev–Trinajstić information content (AvgIpc) is 2.95. The van der Waals surface area contributed by atoms with Gasteiger partial charge in [0, 0.05) is 30.9 Å². The number of benzene rings is 2. The van der Waals surface area contributed by atoms with E-state index in [4.69, 9.17) is 0 Å². The van der Waals surface area contributed by atoms with Crippen LogP contribution in [-0.2, 0) is 21.4 Å². The summed E-state index contributed by atoms with van der Waals surface area (Å²) in [6.45, 7) is 6.22. The molecule has 5 aliphatic carbocycles. The minimum absolute atomic E-state index is 0.0306. The normalized spacial score (nSPS) is 33.0. The van der Waals surface area contributed by atoms with Crippen molar-refractivity contribution in [2.24, 2.45) is 29.1 Å². The van der Waals surface area contributed by atoms with Crippen LogP contribution in [0.2, 0.25) is 0 Å². The molecule has 0 spiro atoms. The van der Waals surface area contributed by atoms with Crippen LogP contribution in [0, 0.1) is 29.1 Å². The van der Waals surface area contributed by atoms with Gasteiger partial charge in [0.25, 0.3) is 5.91 Å². The molecule has 6 heteroatoms. The molecular weight excluding hydrogens is 528 g/mol. The zero-order valence-electron chi connectivity index (χ0n) is 24.9. The molecular formula is C35H44N2O3S. The van der Waals surface area contributed by atoms with Gasteiger partial charge in [-0.2, -0.15) is 4.31 Å². The van der Waals surface area contributed by atoms with Crippen LogP contribution in [0.15, 0.2) is 84.5 Å². The van der Waals surface area contributed by atoms with Gasteiger partial charge in [0.1, 0.15) is 4.75 Å². The molecule has 5 aliphatic rings. The van der Waals surface area contributed by atoms with Gasteiger partial charge in [0.2, 0.25) is 10.0 Å². The van der Waals surface area contributed by atoms with Crippen LogP contribution in [0.3, 0.4) is 0 Å². The van der Waals surface area contributed by atoms with Crippen LogP contribution < -0.4 is 4.90 Å². The number of rotatable bonds is 8. The molecule has 5 nitrogen and oxygen atoms in total. The van der Waals surface area contributed by atoms with Crippen molar-refractivity contribution >= 4 is 21.6 Å². The summed E-state index contributed by atoms with van der Waals surface area (Å²) in [5.41, 5.74) is 2.40. The third kappa shape index (κ3) is 4.91. The van der Waals surface area contributed by atoms with Crippen LogP contribution in [0.5, 0.6) is 0 Å². The highest BCUT2D eigenvalue weighted by molar-refractivity contribution is 7.90. The van der Waals surface area contributed by atoms with Gasteiger partial charge in [-0.05, 0) is 105 Å². The summed E-state index contributed by atoms with van der Waals surface area (Å²) in [6, 6.07) is 19.7. The molecule has 218 valence electrons. The van der Waals surface area contributed by atoms with Crippen LogP contribution in [-0.4, -0.2) is 36.5 Å². The first-order chi connectivity index (χ1) is 19.5. The molecule has 0 N–H and O–H groups in total. The van der Waals surface area contributed by atoms with E-state index in [1.165, 1.54) is 42.8 Å². The molecule has 2 aromatic carbocycles. The number of anilines is 1. The lowest BCUT2D eigenvalue weighted by Crippen LogP contribution is -2.57. The quantitative estimate of drug-likeness (QED) is 0.343. The van der Waals surface area contributed by atoms with E-state index in [-0.39, 0.29) is 29.8 Å². The summed E-state index contributed by atoms with van der Waals surface area (Å²) in [4.78, 5) is 16.6. The van der Waals surface area contributed by atoms with Gasteiger partial charge in [0.05, 0.1) is 0 Å². The van der Waals surface area contributed by atoms with Crippen LogP contribution in [0.1, 0.15) is 64.9 Å². The lowest BCUT2D eigenvalue weighted by atomic mass is 9.47. The molecule has 4 saturated carbocycles. The van der Waals surface area contributed by atoms with Gasteiger partial charge < -0.3 is 4.90 Å². The molecule has 2 aromatic rings. The molecule has 0 radical (unpaired) electrons. The van der Waals surface area contributed by atoms with Crippen molar-refractivity contribution in [3.8, 4) is 0 Å². The Labute approximate surface area is 246 Å². The van der Waals surface area contributed by atoms with Crippen molar-refractivity contribution in [2.45, 2.75) is 76.6 Å². The maximum absolute atomic E-state index is 14.6. The number of carbonyl (C=O) groups is 1. The molecule has 7 rings (SSSR count). The number of hydrogen-bond acceptors (Lipinski definition) is 3. The summed E-state index contributed by atoms with van der Waals surface area (Å²) < 4.78 is 28.4. The first-order valence-corrected chi connectivity index (χ1v) is 16.8. The Morgan fingerprint density at radius 2 is 1.46 bits per heavy atom. The van der Waals surface area contributed by atoms with Gasteiger partial charge in [-0.3, -0.25) is 4.79 Å². The minimum Gasteiger partial charge on any atom is -0.305 e. The second-order valence-corrected chi connectivity index (χ2v) is 16.1. The van der Waals surface area contributed by atoms with Crippen LogP contribution >= 0.6 is 0 Å². The Bertz CT molecular complexity index is 1410. The van der Waals surface area contributed by atoms with Crippen molar-refractivity contribution in [1.29, 1.82) is 0 Å². The van der Waals surface area contributed by atoms with E-state index in [2.05, 4.69) is 6.92 Å². The smallest absolute Gasteiger partial charge is 0.258 e. The Morgan fingerprint density at radius 1 is 0.927 bits per heavy atom. The van der Waals surface area contributed by atoms with Crippen molar-refractivity contribution in [3.63, 3.8) is 0 Å². The molecule has 0 aliphatic heterocycles. The van der Waals surface area contributed by atoms with Gasteiger partial charge in [-0.25, -0.2) is 8.42 Å². The first kappa shape index (κ1) is 28.4. The van der Waals surface area contributed by atoms with E-state index in [0.717, 1.165) is 29.0 Å². The summed E-state index contributed by atoms with van der Waals surface area (Å²) in [6.07, 6.45) is 13.1. The third-order valence-electron chi connectivity index (χ3n) is 11.0. The fraction of sp³-hybridized carbons (Fsp3) is 0.514. The first-order valence-electron chi connectivity index (χ1n) is 15.3. The maximum atomic E-state index is 14.6. The van der Waals surface area contributed by atoms with E-state index in [1.807, 2.05) is 84.6 Å². The highest BCUT2D eigenvalue weighted by Crippen LogP contribution is 2.62. The topological polar surface area (TPSA) is 57.7 Å². The van der Waals surface area contributed by atoms with E-state index in [1.54, 1.807) is 20.0 Å². The highest BCUT2D eigenvalue weighted by atomic mass is 32.2. The van der Waals surface area contributed by atoms with Crippen molar-refractivity contribution < 1.29 is 13.2 Å². The zero-order valence-corrected chi connectivity index (χ0v) is 25.7. The predicted molar refractivity (Wildman–Crippen MR) is 166 cm³/mol. The van der Waals surface area contributed by atoms with Crippen molar-refractivity contribution in [3.05, 3.63) is 90.0 Å². The van der Waals surface area contributed by atoms with Gasteiger partial charge in [-0.1, -0.05) is 67.6 Å². The number of hydrogen-bond donors (Lipinski definition) is 0. The second-order valence-electron chi connectivity index (χ2n) is 13.6. The summed E-state index contributed by atoms with van der Waals surface area (Å²) >= 11 is 0. The number of sulfonamides is 1. The fourth-order valence-electron chi connectivity index (χ4n) is 8.84. The highest BCUT2D eigenvalue weighted by Gasteiger charge is 2.55. The standard InChI is InChI=1S/C35H44N2O3S/c1-25-15-16-31(23-34(25,3)41(39,40)36(4)24-27-11-7-5-8-12-27)33(38)37(32-13-9-6-10-14-32)26(2)35-20-28-17-29(21-35)19-30(18-28)22-35/h5-16,23,25-26,28-30H,17-22,24H2,1-4H3. The third-order valence-corrected chi connectivity index (χ3v) is 13.5. The second kappa shape index (κ2) is 10.5. The number of amides is 1. The molecule has 1 amide bonds. The Balaban J connectivity index is 1.35. The van der Waals surface area contributed by atoms with E-state index < -0.39 is 14.8 Å². The number of nitrogens with zero attached hydrogens (tertiary/aromatic N) is 2. The number of para-hydroxylation sites is 1. The zero-order chi connectivity index (χ0) is 29.0. The minimum atomic E-state index is -3.79. The van der Waals surface area contributed by atoms with Gasteiger partial charge in [-0.15, -0.1) is 0 Å². The van der Waals surface area contributed by atoms with Crippen molar-refractivity contribution in [1.82, 2.24) is 4.31 Å². The van der Waals surface area contributed by atoms with Crippen molar-refractivity contribution in [2.75, 3.05) is 11.9 Å². The molecule has 0 aromatic heterocycles. The molecule has 4 bridgehead atoms. The average molecular weight is 573 g/mol. The number of carbonyl (C=O) groups excluding carboxylic acids is 1. The molecule has 4 fully saturated rings. The summed E-state index contributed by atoms with van der Waals surface area (Å²) in [5.74, 6) is 1.95. The fourth-order valence-corrected chi connectivity index (χ4v) is 10.7. The van der Waals surface area contributed by atoms with Gasteiger partial charge in [0.15, 0.2) is 0 Å².